The van der Waals surface area contributed by atoms with E-state index in [9.17, 15) is 4.79 Å². The van der Waals surface area contributed by atoms with Crippen LogP contribution in [-0.4, -0.2) is 25.0 Å². The van der Waals surface area contributed by atoms with E-state index in [0.29, 0.717) is 10.6 Å². The molecule has 1 N–H and O–H groups in total. The molecule has 1 aliphatic heterocycles. The minimum Gasteiger partial charge on any atom is -0.372 e. The second-order valence-corrected chi connectivity index (χ2v) is 5.39. The van der Waals surface area contributed by atoms with Gasteiger partial charge >= 0.3 is 0 Å². The van der Waals surface area contributed by atoms with E-state index in [1.807, 2.05) is 32.0 Å². The Hall–Kier alpha value is -1.22. The number of rotatable bonds is 3. The minimum absolute atomic E-state index is 0.101. The quantitative estimate of drug-likeness (QED) is 0.912. The Kier molecular flexibility index (Phi) is 4.12. The predicted molar refractivity (Wildman–Crippen MR) is 75.5 cm³/mol. The molecule has 0 saturated carbocycles. The molecule has 3 nitrogen and oxygen atoms in total. The van der Waals surface area contributed by atoms with E-state index in [-0.39, 0.29) is 11.9 Å². The van der Waals surface area contributed by atoms with Crippen molar-refractivity contribution in [3.8, 4) is 0 Å². The summed E-state index contributed by atoms with van der Waals surface area (Å²) in [6.45, 7) is 6.01. The summed E-state index contributed by atoms with van der Waals surface area (Å²) in [6, 6.07) is 5.80. The van der Waals surface area contributed by atoms with Gasteiger partial charge in [0.25, 0.3) is 5.91 Å². The third-order valence-corrected chi connectivity index (χ3v) is 3.42. The highest BCUT2D eigenvalue weighted by Gasteiger charge is 2.16. The fourth-order valence-electron chi connectivity index (χ4n) is 2.20. The highest BCUT2D eigenvalue weighted by atomic mass is 35.5. The zero-order chi connectivity index (χ0) is 13.1. The second-order valence-electron chi connectivity index (χ2n) is 4.99. The molecule has 0 aliphatic carbocycles. The Morgan fingerprint density at radius 2 is 2.00 bits per heavy atom. The largest absolute Gasteiger partial charge is 0.372 e. The molecule has 1 heterocycles. The van der Waals surface area contributed by atoms with Crippen molar-refractivity contribution in [1.29, 1.82) is 0 Å². The first kappa shape index (κ1) is 13.2. The van der Waals surface area contributed by atoms with Crippen LogP contribution in [0, 0.1) is 0 Å². The van der Waals surface area contributed by atoms with Crippen molar-refractivity contribution in [3.05, 3.63) is 28.8 Å². The van der Waals surface area contributed by atoms with E-state index in [4.69, 9.17) is 11.6 Å². The maximum Gasteiger partial charge on any atom is 0.253 e. The number of halogens is 1. The van der Waals surface area contributed by atoms with Crippen LogP contribution in [0.15, 0.2) is 18.2 Å². The Balaban J connectivity index is 2.23. The highest BCUT2D eigenvalue weighted by Crippen LogP contribution is 2.25. The fourth-order valence-corrected chi connectivity index (χ4v) is 2.40. The molecule has 1 aromatic rings. The monoisotopic (exact) mass is 266 g/mol. The van der Waals surface area contributed by atoms with E-state index in [1.165, 1.54) is 12.8 Å². The summed E-state index contributed by atoms with van der Waals surface area (Å²) in [6.07, 6.45) is 2.44. The number of nitrogens with one attached hydrogen (secondary N) is 1. The van der Waals surface area contributed by atoms with Gasteiger partial charge in [0.1, 0.15) is 0 Å². The van der Waals surface area contributed by atoms with Crippen LogP contribution in [0.4, 0.5) is 5.69 Å². The van der Waals surface area contributed by atoms with Crippen LogP contribution in [0.2, 0.25) is 5.02 Å². The van der Waals surface area contributed by atoms with Crippen molar-refractivity contribution in [2.75, 3.05) is 18.0 Å². The Morgan fingerprint density at radius 1 is 1.33 bits per heavy atom. The minimum atomic E-state index is -0.101. The third kappa shape index (κ3) is 2.96. The molecule has 0 unspecified atom stereocenters. The zero-order valence-corrected chi connectivity index (χ0v) is 11.6. The van der Waals surface area contributed by atoms with Crippen molar-refractivity contribution < 1.29 is 4.79 Å². The van der Waals surface area contributed by atoms with Crippen LogP contribution in [0.5, 0.6) is 0 Å². The normalized spacial score (nSPS) is 15.2. The fraction of sp³-hybridized carbons (Fsp3) is 0.500. The maximum absolute atomic E-state index is 12.0. The predicted octanol–water partition coefficient (Wildman–Crippen LogP) is 3.08. The zero-order valence-electron chi connectivity index (χ0n) is 10.9. The molecule has 2 rings (SSSR count). The molecule has 1 aliphatic rings. The number of nitrogens with zero attached hydrogens (tertiary/aromatic N) is 1. The van der Waals surface area contributed by atoms with Crippen LogP contribution >= 0.6 is 11.6 Å². The molecular weight excluding hydrogens is 248 g/mol. The van der Waals surface area contributed by atoms with Gasteiger partial charge in [-0.25, -0.2) is 0 Å². The van der Waals surface area contributed by atoms with Gasteiger partial charge in [-0.2, -0.15) is 0 Å². The third-order valence-electron chi connectivity index (χ3n) is 3.09. The molecule has 0 aromatic heterocycles. The Labute approximate surface area is 113 Å². The standard InChI is InChI=1S/C14H19ClN2O/c1-10(2)16-14(18)12-9-11(5-6-13(12)15)17-7-3-4-8-17/h5-6,9-10H,3-4,7-8H2,1-2H3,(H,16,18). The number of carbonyl (C=O) groups is 1. The maximum atomic E-state index is 12.0. The molecule has 1 aromatic carbocycles. The van der Waals surface area contributed by atoms with Gasteiger partial charge in [-0.3, -0.25) is 4.79 Å². The van der Waals surface area contributed by atoms with Gasteiger partial charge in [0.05, 0.1) is 10.6 Å². The lowest BCUT2D eigenvalue weighted by Crippen LogP contribution is -2.30. The smallest absolute Gasteiger partial charge is 0.253 e. The molecule has 18 heavy (non-hydrogen) atoms. The van der Waals surface area contributed by atoms with E-state index >= 15 is 0 Å². The second kappa shape index (κ2) is 5.61. The number of anilines is 1. The molecule has 1 saturated heterocycles. The topological polar surface area (TPSA) is 32.3 Å². The van der Waals surface area contributed by atoms with Crippen molar-refractivity contribution in [1.82, 2.24) is 5.32 Å². The molecule has 4 heteroatoms. The van der Waals surface area contributed by atoms with E-state index in [2.05, 4.69) is 10.2 Å². The average molecular weight is 267 g/mol. The van der Waals surface area contributed by atoms with Gasteiger partial charge in [0, 0.05) is 24.8 Å². The summed E-state index contributed by atoms with van der Waals surface area (Å²) in [5, 5.41) is 3.39. The Morgan fingerprint density at radius 3 is 2.61 bits per heavy atom. The van der Waals surface area contributed by atoms with Crippen molar-refractivity contribution in [2.45, 2.75) is 32.7 Å². The molecule has 1 amide bonds. The van der Waals surface area contributed by atoms with Crippen molar-refractivity contribution >= 4 is 23.2 Å². The Bertz CT molecular complexity index is 439. The van der Waals surface area contributed by atoms with Crippen molar-refractivity contribution in [2.24, 2.45) is 0 Å². The number of hydrogen-bond acceptors (Lipinski definition) is 2. The average Bonchev–Trinajstić information content (AvgIpc) is 2.82. The molecule has 0 atom stereocenters. The van der Waals surface area contributed by atoms with Crippen LogP contribution in [-0.2, 0) is 0 Å². The number of benzene rings is 1. The molecule has 0 bridgehead atoms. The van der Waals surface area contributed by atoms with E-state index < -0.39 is 0 Å². The van der Waals surface area contributed by atoms with Gasteiger partial charge in [-0.15, -0.1) is 0 Å². The lowest BCUT2D eigenvalue weighted by Gasteiger charge is -2.19. The molecule has 98 valence electrons. The number of hydrogen-bond donors (Lipinski definition) is 1. The summed E-state index contributed by atoms with van der Waals surface area (Å²) in [5.74, 6) is -0.101. The molecular formula is C14H19ClN2O. The van der Waals surface area contributed by atoms with Gasteiger partial charge in [0.2, 0.25) is 0 Å². The SMILES string of the molecule is CC(C)NC(=O)c1cc(N2CCCC2)ccc1Cl. The molecule has 0 spiro atoms. The molecule has 1 fully saturated rings. The van der Waals surface area contributed by atoms with Crippen LogP contribution < -0.4 is 10.2 Å². The summed E-state index contributed by atoms with van der Waals surface area (Å²) < 4.78 is 0. The van der Waals surface area contributed by atoms with E-state index in [0.717, 1.165) is 18.8 Å². The summed E-state index contributed by atoms with van der Waals surface area (Å²) >= 11 is 6.10. The summed E-state index contributed by atoms with van der Waals surface area (Å²) in [7, 11) is 0. The first-order chi connectivity index (χ1) is 8.58. The molecule has 0 radical (unpaired) electrons. The number of carbonyl (C=O) groups excluding carboxylic acids is 1. The van der Waals surface area contributed by atoms with Gasteiger partial charge < -0.3 is 10.2 Å². The number of amides is 1. The summed E-state index contributed by atoms with van der Waals surface area (Å²) in [4.78, 5) is 14.3. The van der Waals surface area contributed by atoms with Gasteiger partial charge in [-0.1, -0.05) is 11.6 Å². The van der Waals surface area contributed by atoms with Crippen LogP contribution in [0.25, 0.3) is 0 Å². The summed E-state index contributed by atoms with van der Waals surface area (Å²) in [5.41, 5.74) is 1.65. The van der Waals surface area contributed by atoms with Crippen molar-refractivity contribution in [3.63, 3.8) is 0 Å². The lowest BCUT2D eigenvalue weighted by molar-refractivity contribution is 0.0943. The first-order valence-corrected chi connectivity index (χ1v) is 6.81. The van der Waals surface area contributed by atoms with Gasteiger partial charge in [-0.05, 0) is 44.9 Å². The first-order valence-electron chi connectivity index (χ1n) is 6.43. The van der Waals surface area contributed by atoms with Crippen LogP contribution in [0.1, 0.15) is 37.0 Å². The lowest BCUT2D eigenvalue weighted by atomic mass is 10.1. The van der Waals surface area contributed by atoms with Gasteiger partial charge in [0.15, 0.2) is 0 Å². The van der Waals surface area contributed by atoms with Crippen LogP contribution in [0.3, 0.4) is 0 Å². The van der Waals surface area contributed by atoms with E-state index in [1.54, 1.807) is 0 Å². The highest BCUT2D eigenvalue weighted by molar-refractivity contribution is 6.34.